The maximum atomic E-state index is 11.4. The highest BCUT2D eigenvalue weighted by Crippen LogP contribution is 2.22. The molecule has 1 aromatic rings. The molecule has 1 N–H and O–H groups in total. The van der Waals surface area contributed by atoms with Crippen LogP contribution in [0.4, 0.5) is 11.5 Å². The maximum absolute atomic E-state index is 11.4. The van der Waals surface area contributed by atoms with Crippen molar-refractivity contribution in [3.8, 4) is 12.3 Å². The molecular weight excluding hydrogens is 262 g/mol. The van der Waals surface area contributed by atoms with Crippen molar-refractivity contribution in [1.29, 1.82) is 0 Å². The number of nitrogens with zero attached hydrogens (tertiary/aromatic N) is 2. The van der Waals surface area contributed by atoms with E-state index in [0.29, 0.717) is 13.0 Å². The first-order valence-electron chi connectivity index (χ1n) is 6.01. The van der Waals surface area contributed by atoms with Gasteiger partial charge in [0.05, 0.1) is 12.0 Å². The Balaban J connectivity index is 2.81. The van der Waals surface area contributed by atoms with Crippen molar-refractivity contribution >= 4 is 17.5 Å². The van der Waals surface area contributed by atoms with E-state index in [2.05, 4.69) is 21.0 Å². The standard InChI is InChI=1S/C13H15N3O4/c1-3-4-5-6-9-14-12-11(16(18)19)8-7-10(15-12)13(17)20-2/h1,7-8H,4-6,9H2,2H3,(H,14,15). The Labute approximate surface area is 116 Å². The van der Waals surface area contributed by atoms with Crippen molar-refractivity contribution in [2.24, 2.45) is 0 Å². The highest BCUT2D eigenvalue weighted by atomic mass is 16.6. The third-order valence-electron chi connectivity index (χ3n) is 2.51. The summed E-state index contributed by atoms with van der Waals surface area (Å²) in [6.45, 7) is 0.486. The number of hydrogen-bond acceptors (Lipinski definition) is 6. The number of nitro groups is 1. The molecule has 1 aromatic heterocycles. The zero-order chi connectivity index (χ0) is 15.0. The Hall–Kier alpha value is -2.62. The number of esters is 1. The average Bonchev–Trinajstić information content (AvgIpc) is 2.45. The fourth-order valence-electron chi connectivity index (χ4n) is 1.51. The van der Waals surface area contributed by atoms with Crippen LogP contribution in [-0.4, -0.2) is 29.5 Å². The summed E-state index contributed by atoms with van der Waals surface area (Å²) in [4.78, 5) is 25.6. The maximum Gasteiger partial charge on any atom is 0.356 e. The van der Waals surface area contributed by atoms with Crippen LogP contribution in [0.15, 0.2) is 12.1 Å². The molecule has 20 heavy (non-hydrogen) atoms. The molecule has 0 aromatic carbocycles. The van der Waals surface area contributed by atoms with E-state index in [9.17, 15) is 14.9 Å². The van der Waals surface area contributed by atoms with Crippen LogP contribution in [0.1, 0.15) is 29.8 Å². The molecule has 0 aliphatic rings. The van der Waals surface area contributed by atoms with Gasteiger partial charge < -0.3 is 10.1 Å². The minimum absolute atomic E-state index is 0.0178. The van der Waals surface area contributed by atoms with E-state index in [1.165, 1.54) is 19.2 Å². The van der Waals surface area contributed by atoms with Gasteiger partial charge in [0, 0.05) is 19.0 Å². The molecule has 1 heterocycles. The number of aromatic nitrogens is 1. The highest BCUT2D eigenvalue weighted by Gasteiger charge is 2.18. The van der Waals surface area contributed by atoms with Crippen LogP contribution in [0, 0.1) is 22.5 Å². The predicted molar refractivity (Wildman–Crippen MR) is 73.4 cm³/mol. The SMILES string of the molecule is C#CCCCCNc1nc(C(=O)OC)ccc1[N+](=O)[O-]. The number of rotatable bonds is 7. The van der Waals surface area contributed by atoms with Crippen LogP contribution >= 0.6 is 0 Å². The number of carbonyl (C=O) groups is 1. The lowest BCUT2D eigenvalue weighted by molar-refractivity contribution is -0.384. The summed E-state index contributed by atoms with van der Waals surface area (Å²) in [5.41, 5.74) is -0.168. The lowest BCUT2D eigenvalue weighted by atomic mass is 10.2. The van der Waals surface area contributed by atoms with E-state index in [4.69, 9.17) is 6.42 Å². The van der Waals surface area contributed by atoms with Gasteiger partial charge in [-0.15, -0.1) is 12.3 Å². The molecular formula is C13H15N3O4. The molecule has 0 atom stereocenters. The summed E-state index contributed by atoms with van der Waals surface area (Å²) in [6.07, 6.45) is 7.35. The van der Waals surface area contributed by atoms with Gasteiger partial charge in [-0.2, -0.15) is 0 Å². The number of terminal acetylenes is 1. The Morgan fingerprint density at radius 2 is 2.30 bits per heavy atom. The van der Waals surface area contributed by atoms with Gasteiger partial charge in [-0.25, -0.2) is 9.78 Å². The number of nitrogens with one attached hydrogen (secondary N) is 1. The van der Waals surface area contributed by atoms with Crippen LogP contribution in [0.3, 0.4) is 0 Å². The molecule has 7 heteroatoms. The van der Waals surface area contributed by atoms with E-state index < -0.39 is 10.9 Å². The summed E-state index contributed by atoms with van der Waals surface area (Å²) in [5, 5.41) is 13.7. The van der Waals surface area contributed by atoms with Crippen LogP contribution in [-0.2, 0) is 4.74 Å². The van der Waals surface area contributed by atoms with Crippen molar-refractivity contribution < 1.29 is 14.5 Å². The van der Waals surface area contributed by atoms with Gasteiger partial charge in [-0.3, -0.25) is 10.1 Å². The number of anilines is 1. The molecule has 0 saturated heterocycles. The van der Waals surface area contributed by atoms with Crippen molar-refractivity contribution in [1.82, 2.24) is 4.98 Å². The van der Waals surface area contributed by atoms with Crippen molar-refractivity contribution in [3.63, 3.8) is 0 Å². The second kappa shape index (κ2) is 7.74. The fraction of sp³-hybridized carbons (Fsp3) is 0.385. The quantitative estimate of drug-likeness (QED) is 0.269. The summed E-state index contributed by atoms with van der Waals surface area (Å²) in [7, 11) is 1.22. The molecule has 0 spiro atoms. The molecule has 0 saturated carbocycles. The zero-order valence-corrected chi connectivity index (χ0v) is 11.1. The van der Waals surface area contributed by atoms with E-state index in [1.807, 2.05) is 0 Å². The Morgan fingerprint density at radius 1 is 1.55 bits per heavy atom. The Kier molecular flexibility index (Phi) is 5.97. The first kappa shape index (κ1) is 15.4. The van der Waals surface area contributed by atoms with Gasteiger partial charge >= 0.3 is 11.7 Å². The van der Waals surface area contributed by atoms with Crippen LogP contribution in [0.2, 0.25) is 0 Å². The summed E-state index contributed by atoms with van der Waals surface area (Å²) in [5.74, 6) is 1.93. The minimum atomic E-state index is -0.643. The average molecular weight is 277 g/mol. The monoisotopic (exact) mass is 277 g/mol. The second-order valence-corrected chi connectivity index (χ2v) is 3.90. The van der Waals surface area contributed by atoms with E-state index >= 15 is 0 Å². The molecule has 0 aliphatic heterocycles. The van der Waals surface area contributed by atoms with Crippen LogP contribution in [0.5, 0.6) is 0 Å². The molecule has 106 valence electrons. The van der Waals surface area contributed by atoms with Crippen molar-refractivity contribution in [2.45, 2.75) is 19.3 Å². The minimum Gasteiger partial charge on any atom is -0.464 e. The van der Waals surface area contributed by atoms with Crippen molar-refractivity contribution in [3.05, 3.63) is 27.9 Å². The van der Waals surface area contributed by atoms with Crippen LogP contribution in [0.25, 0.3) is 0 Å². The topological polar surface area (TPSA) is 94.4 Å². The van der Waals surface area contributed by atoms with Gasteiger partial charge in [0.1, 0.15) is 0 Å². The van der Waals surface area contributed by atoms with Gasteiger partial charge in [-0.05, 0) is 18.9 Å². The number of carbonyl (C=O) groups excluding carboxylic acids is 1. The summed E-state index contributed by atoms with van der Waals surface area (Å²) in [6, 6.07) is 2.48. The van der Waals surface area contributed by atoms with Gasteiger partial charge in [0.25, 0.3) is 0 Å². The fourth-order valence-corrected chi connectivity index (χ4v) is 1.51. The number of pyridine rings is 1. The summed E-state index contributed by atoms with van der Waals surface area (Å²) < 4.78 is 4.53. The molecule has 7 nitrogen and oxygen atoms in total. The molecule has 0 bridgehead atoms. The first-order chi connectivity index (χ1) is 9.60. The predicted octanol–water partition coefficient (Wildman–Crippen LogP) is 1.99. The van der Waals surface area contributed by atoms with Crippen molar-refractivity contribution in [2.75, 3.05) is 19.0 Å². The third-order valence-corrected chi connectivity index (χ3v) is 2.51. The number of methoxy groups -OCH3 is 1. The third kappa shape index (κ3) is 4.24. The normalized spacial score (nSPS) is 9.60. The molecule has 0 unspecified atom stereocenters. The lowest BCUT2D eigenvalue weighted by Gasteiger charge is -2.07. The van der Waals surface area contributed by atoms with E-state index in [0.717, 1.165) is 12.8 Å². The Morgan fingerprint density at radius 3 is 2.90 bits per heavy atom. The molecule has 0 amide bonds. The number of unbranched alkanes of at least 4 members (excludes halogenated alkanes) is 2. The smallest absolute Gasteiger partial charge is 0.356 e. The lowest BCUT2D eigenvalue weighted by Crippen LogP contribution is -2.10. The molecule has 0 aliphatic carbocycles. The molecule has 1 rings (SSSR count). The van der Waals surface area contributed by atoms with Gasteiger partial charge in [0.2, 0.25) is 5.82 Å². The van der Waals surface area contributed by atoms with E-state index in [-0.39, 0.29) is 17.2 Å². The second-order valence-electron chi connectivity index (χ2n) is 3.90. The molecule has 0 radical (unpaired) electrons. The highest BCUT2D eigenvalue weighted by molar-refractivity contribution is 5.88. The largest absolute Gasteiger partial charge is 0.464 e. The van der Waals surface area contributed by atoms with Gasteiger partial charge in [0.15, 0.2) is 5.69 Å². The number of ether oxygens (including phenoxy) is 1. The van der Waals surface area contributed by atoms with Crippen LogP contribution < -0.4 is 5.32 Å². The van der Waals surface area contributed by atoms with Gasteiger partial charge in [-0.1, -0.05) is 0 Å². The Bertz CT molecular complexity index is 537. The first-order valence-corrected chi connectivity index (χ1v) is 6.01. The number of hydrogen-bond donors (Lipinski definition) is 1. The molecule has 0 fully saturated rings. The zero-order valence-electron chi connectivity index (χ0n) is 11.1. The van der Waals surface area contributed by atoms with E-state index in [1.54, 1.807) is 0 Å². The summed E-state index contributed by atoms with van der Waals surface area (Å²) >= 11 is 0.